The van der Waals surface area contributed by atoms with E-state index < -0.39 is 30.0 Å². The Kier molecular flexibility index (Phi) is 8.60. The number of aryl methyl sites for hydroxylation is 2. The Balaban J connectivity index is 0.00000380. The van der Waals surface area contributed by atoms with Crippen molar-refractivity contribution in [2.24, 2.45) is 4.99 Å². The third-order valence-corrected chi connectivity index (χ3v) is 7.59. The van der Waals surface area contributed by atoms with Crippen molar-refractivity contribution in [3.63, 3.8) is 0 Å². The van der Waals surface area contributed by atoms with Gasteiger partial charge in [-0.2, -0.15) is 8.42 Å². The van der Waals surface area contributed by atoms with Gasteiger partial charge >= 0.3 is 29.6 Å². The third-order valence-electron chi connectivity index (χ3n) is 5.87. The number of benzene rings is 3. The van der Waals surface area contributed by atoms with Crippen molar-refractivity contribution in [3.05, 3.63) is 58.9 Å². The summed E-state index contributed by atoms with van der Waals surface area (Å²) in [6.45, 7) is 8.81. The SMILES string of the molecule is CCN=c1cc2oc3cc(NCC)c(C)cc3c(-c3ccc(S(=O)(=O)O)cc3S(=O)(=O)[O-])c-2cc1C.[Na+]. The van der Waals surface area contributed by atoms with E-state index in [1.165, 1.54) is 6.07 Å². The first kappa shape index (κ1) is 29.3. The van der Waals surface area contributed by atoms with E-state index in [4.69, 9.17) is 4.42 Å². The van der Waals surface area contributed by atoms with Gasteiger partial charge in [0, 0.05) is 53.0 Å². The van der Waals surface area contributed by atoms with Gasteiger partial charge < -0.3 is 14.3 Å². The molecule has 4 rings (SSSR count). The van der Waals surface area contributed by atoms with Crippen LogP contribution in [0.2, 0.25) is 0 Å². The summed E-state index contributed by atoms with van der Waals surface area (Å²) in [5.41, 5.74) is 3.83. The molecule has 1 aliphatic carbocycles. The van der Waals surface area contributed by atoms with Crippen molar-refractivity contribution < 1.29 is 59.9 Å². The van der Waals surface area contributed by atoms with E-state index in [1.807, 2.05) is 33.8 Å². The van der Waals surface area contributed by atoms with Crippen LogP contribution in [0.1, 0.15) is 25.0 Å². The molecule has 190 valence electrons. The fraction of sp³-hybridized carbons (Fsp3) is 0.240. The Hall–Kier alpha value is -2.25. The Morgan fingerprint density at radius 2 is 1.68 bits per heavy atom. The van der Waals surface area contributed by atoms with Crippen LogP contribution in [-0.4, -0.2) is 39.0 Å². The molecule has 2 aromatic rings. The van der Waals surface area contributed by atoms with Crippen LogP contribution in [0.5, 0.6) is 0 Å². The molecule has 0 amide bonds. The van der Waals surface area contributed by atoms with Crippen LogP contribution < -0.4 is 40.2 Å². The average molecular weight is 553 g/mol. The van der Waals surface area contributed by atoms with E-state index in [1.54, 1.807) is 18.2 Å². The fourth-order valence-electron chi connectivity index (χ4n) is 4.28. The molecule has 9 nitrogen and oxygen atoms in total. The van der Waals surface area contributed by atoms with Crippen molar-refractivity contribution in [2.45, 2.75) is 37.5 Å². The summed E-state index contributed by atoms with van der Waals surface area (Å²) < 4.78 is 76.0. The summed E-state index contributed by atoms with van der Waals surface area (Å²) in [4.78, 5) is 3.02. The first-order chi connectivity index (χ1) is 16.8. The van der Waals surface area contributed by atoms with Gasteiger partial charge in [0.1, 0.15) is 21.5 Å². The van der Waals surface area contributed by atoms with Gasteiger partial charge in [-0.3, -0.25) is 9.55 Å². The molecule has 0 saturated carbocycles. The zero-order valence-corrected chi connectivity index (χ0v) is 24.7. The number of fused-ring (bicyclic) bond motifs is 2. The van der Waals surface area contributed by atoms with E-state index >= 15 is 0 Å². The minimum absolute atomic E-state index is 0. The number of rotatable bonds is 6. The molecule has 2 N–H and O–H groups in total. The van der Waals surface area contributed by atoms with Gasteiger partial charge in [-0.25, -0.2) is 8.42 Å². The molecule has 12 heteroatoms. The number of hydrogen-bond acceptors (Lipinski definition) is 8. The van der Waals surface area contributed by atoms with E-state index in [-0.39, 0.29) is 35.1 Å². The van der Waals surface area contributed by atoms with Gasteiger partial charge in [-0.05, 0) is 63.1 Å². The van der Waals surface area contributed by atoms with Crippen molar-refractivity contribution >= 4 is 36.9 Å². The molecule has 0 aromatic heterocycles. The molecular weight excluding hydrogens is 527 g/mol. The van der Waals surface area contributed by atoms with Gasteiger partial charge in [0.2, 0.25) is 0 Å². The zero-order chi connectivity index (χ0) is 26.4. The number of anilines is 1. The Morgan fingerprint density at radius 1 is 0.973 bits per heavy atom. The monoisotopic (exact) mass is 552 g/mol. The number of nitrogens with zero attached hydrogens (tertiary/aromatic N) is 1. The average Bonchev–Trinajstić information content (AvgIpc) is 2.78. The van der Waals surface area contributed by atoms with Crippen LogP contribution in [0.15, 0.2) is 61.7 Å². The van der Waals surface area contributed by atoms with Gasteiger partial charge in [0.05, 0.1) is 15.1 Å². The Bertz CT molecular complexity index is 1760. The first-order valence-corrected chi connectivity index (χ1v) is 14.0. The van der Waals surface area contributed by atoms with E-state index in [2.05, 4.69) is 10.3 Å². The second-order valence-electron chi connectivity index (χ2n) is 8.37. The van der Waals surface area contributed by atoms with E-state index in [0.717, 1.165) is 22.9 Å². The molecule has 0 fully saturated rings. The molecule has 37 heavy (non-hydrogen) atoms. The maximum absolute atomic E-state index is 12.3. The Morgan fingerprint density at radius 3 is 2.27 bits per heavy atom. The van der Waals surface area contributed by atoms with Crippen molar-refractivity contribution in [2.75, 3.05) is 18.4 Å². The summed E-state index contributed by atoms with van der Waals surface area (Å²) in [6, 6.07) is 10.1. The molecule has 0 spiro atoms. The van der Waals surface area contributed by atoms with Crippen LogP contribution in [0.3, 0.4) is 0 Å². The summed E-state index contributed by atoms with van der Waals surface area (Å²) in [5.74, 6) is 0.412. The van der Waals surface area contributed by atoms with Crippen molar-refractivity contribution in [1.29, 1.82) is 0 Å². The van der Waals surface area contributed by atoms with Crippen LogP contribution in [-0.2, 0) is 20.2 Å². The quantitative estimate of drug-likeness (QED) is 0.207. The molecule has 0 atom stereocenters. The van der Waals surface area contributed by atoms with Gasteiger partial charge in [-0.1, -0.05) is 6.07 Å². The minimum atomic E-state index is -5.14. The normalized spacial score (nSPS) is 12.6. The molecule has 0 unspecified atom stereocenters. The van der Waals surface area contributed by atoms with Gasteiger partial charge in [-0.15, -0.1) is 0 Å². The number of hydrogen-bond donors (Lipinski definition) is 2. The van der Waals surface area contributed by atoms with Crippen LogP contribution >= 0.6 is 0 Å². The summed E-state index contributed by atoms with van der Waals surface area (Å²) in [7, 11) is -9.89. The van der Waals surface area contributed by atoms with E-state index in [9.17, 15) is 25.9 Å². The van der Waals surface area contributed by atoms with Crippen molar-refractivity contribution in [3.8, 4) is 22.5 Å². The number of nitrogens with one attached hydrogen (secondary N) is 1. The van der Waals surface area contributed by atoms with Crippen LogP contribution in [0.25, 0.3) is 33.4 Å². The second-order valence-corrected chi connectivity index (χ2v) is 11.1. The smallest absolute Gasteiger partial charge is 0.744 e. The summed E-state index contributed by atoms with van der Waals surface area (Å²) in [6.07, 6.45) is 0. The molecular formula is C25H25N2NaO7S2. The standard InChI is InChI=1S/C25H26N2O7S2.Na/c1-5-26-20-12-22-18(9-14(20)3)25(19-10-15(4)21(27-6-2)13-23(19)34-22)17-8-7-16(35(28,29)30)11-24(17)36(31,32)33;/h7-13,26H,5-6H2,1-4H3,(H,28,29,30)(H,31,32,33);/q;+1/p-1. The maximum Gasteiger partial charge on any atom is 1.00 e. The second kappa shape index (κ2) is 10.9. The summed E-state index contributed by atoms with van der Waals surface area (Å²) in [5, 5.41) is 4.50. The fourth-order valence-corrected chi connectivity index (χ4v) is 5.57. The third kappa shape index (κ3) is 5.78. The van der Waals surface area contributed by atoms with Gasteiger partial charge in [0.25, 0.3) is 10.1 Å². The van der Waals surface area contributed by atoms with Crippen LogP contribution in [0, 0.1) is 13.8 Å². The molecule has 2 aliphatic rings. The van der Waals surface area contributed by atoms with Gasteiger partial charge in [0.15, 0.2) is 0 Å². The molecule has 0 saturated heterocycles. The summed E-state index contributed by atoms with van der Waals surface area (Å²) >= 11 is 0. The molecule has 0 radical (unpaired) electrons. The predicted octanol–water partition coefficient (Wildman–Crippen LogP) is 1.33. The molecule has 2 aromatic carbocycles. The molecule has 1 heterocycles. The van der Waals surface area contributed by atoms with Crippen LogP contribution in [0.4, 0.5) is 5.69 Å². The van der Waals surface area contributed by atoms with E-state index in [0.29, 0.717) is 52.4 Å². The minimum Gasteiger partial charge on any atom is -0.744 e. The maximum atomic E-state index is 12.3. The largest absolute Gasteiger partial charge is 1.00 e. The molecule has 0 bridgehead atoms. The first-order valence-electron chi connectivity index (χ1n) is 11.2. The zero-order valence-electron chi connectivity index (χ0n) is 21.1. The topological polar surface area (TPSA) is 149 Å². The predicted molar refractivity (Wildman–Crippen MR) is 136 cm³/mol. The van der Waals surface area contributed by atoms with Crippen molar-refractivity contribution in [1.82, 2.24) is 0 Å². The molecule has 1 aliphatic heterocycles. The Labute approximate surface area is 237 Å².